The largest absolute Gasteiger partial charge is 0.331 e. The molecule has 0 radical (unpaired) electrons. The van der Waals surface area contributed by atoms with E-state index in [0.29, 0.717) is 6.04 Å². The lowest BCUT2D eigenvalue weighted by Crippen LogP contribution is -3.06. The number of hydrogen-bond donors (Lipinski definition) is 1. The molecular weight excluding hydrogens is 388 g/mol. The molecule has 0 amide bonds. The van der Waals surface area contributed by atoms with Crippen molar-refractivity contribution in [1.82, 2.24) is 14.8 Å². The Kier molecular flexibility index (Phi) is 7.16. The average molecular weight is 416 g/mol. The molecule has 0 fully saturated rings. The van der Waals surface area contributed by atoms with Crippen molar-refractivity contribution >= 4 is 23.4 Å². The van der Waals surface area contributed by atoms with Crippen molar-refractivity contribution in [1.29, 1.82) is 0 Å². The third kappa shape index (κ3) is 4.77. The van der Waals surface area contributed by atoms with Crippen LogP contribution in [0.25, 0.3) is 0 Å². The summed E-state index contributed by atoms with van der Waals surface area (Å²) in [4.78, 5) is 1.36. The zero-order valence-corrected chi connectivity index (χ0v) is 18.5. The molecule has 0 aliphatic carbocycles. The maximum atomic E-state index is 6.42. The second-order valence-electron chi connectivity index (χ2n) is 7.23. The smallest absolute Gasteiger partial charge is 0.192 e. The summed E-state index contributed by atoms with van der Waals surface area (Å²) in [6.07, 6.45) is 1.01. The highest BCUT2D eigenvalue weighted by Crippen LogP contribution is 2.37. The van der Waals surface area contributed by atoms with E-state index in [1.165, 1.54) is 10.5 Å². The van der Waals surface area contributed by atoms with Gasteiger partial charge in [-0.1, -0.05) is 78.8 Å². The summed E-state index contributed by atoms with van der Waals surface area (Å²) < 4.78 is 2.27. The predicted octanol–water partition coefficient (Wildman–Crippen LogP) is 4.43. The molecule has 0 unspecified atom stereocenters. The van der Waals surface area contributed by atoms with Gasteiger partial charge >= 0.3 is 0 Å². The maximum Gasteiger partial charge on any atom is 0.192 e. The van der Waals surface area contributed by atoms with Crippen molar-refractivity contribution in [3.63, 3.8) is 0 Å². The number of thioether (sulfide) groups is 1. The summed E-state index contributed by atoms with van der Waals surface area (Å²) in [5, 5.41) is 11.1. The quantitative estimate of drug-likeness (QED) is 0.553. The highest BCUT2D eigenvalue weighted by atomic mass is 35.5. The first-order valence-electron chi connectivity index (χ1n) is 9.69. The van der Waals surface area contributed by atoms with Crippen molar-refractivity contribution in [3.8, 4) is 0 Å². The first kappa shape index (κ1) is 20.9. The van der Waals surface area contributed by atoms with Crippen LogP contribution in [0.1, 0.15) is 48.5 Å². The lowest BCUT2D eigenvalue weighted by molar-refractivity contribution is -0.893. The van der Waals surface area contributed by atoms with Gasteiger partial charge in [0.1, 0.15) is 6.04 Å². The second-order valence-corrected chi connectivity index (χ2v) is 8.95. The Morgan fingerprint density at radius 1 is 1.04 bits per heavy atom. The molecule has 3 rings (SSSR count). The normalized spacial score (nSPS) is 13.6. The molecule has 1 aromatic heterocycles. The fourth-order valence-corrected chi connectivity index (χ4v) is 4.82. The molecule has 3 aromatic rings. The Hall–Kier alpha value is -1.82. The molecule has 0 saturated carbocycles. The van der Waals surface area contributed by atoms with Crippen LogP contribution in [0.3, 0.4) is 0 Å². The maximum absolute atomic E-state index is 6.42. The number of nitrogens with zero attached hydrogens (tertiary/aromatic N) is 3. The summed E-state index contributed by atoms with van der Waals surface area (Å²) in [5.74, 6) is 1.04. The molecule has 0 aliphatic heterocycles. The van der Waals surface area contributed by atoms with Crippen LogP contribution in [0, 0.1) is 0 Å². The van der Waals surface area contributed by atoms with Gasteiger partial charge in [-0.25, -0.2) is 0 Å². The fraction of sp³-hybridized carbons (Fsp3) is 0.364. The molecule has 2 atom stereocenters. The average Bonchev–Trinajstić information content (AvgIpc) is 3.05. The lowest BCUT2D eigenvalue weighted by atomic mass is 10.2. The minimum Gasteiger partial charge on any atom is -0.331 e. The van der Waals surface area contributed by atoms with Crippen LogP contribution in [0.5, 0.6) is 0 Å². The van der Waals surface area contributed by atoms with Crippen LogP contribution in [0.2, 0.25) is 5.02 Å². The standard InChI is InChI=1S/C22H27ClN4S/c1-5-20(26(3)4)21-24-25-22(27(21)15-17-11-7-6-8-12-17)28-16(2)18-13-9-10-14-19(18)23/h6-14,16,20H,5,15H2,1-4H3/p+1/t16-,20-/m1/s1. The number of quaternary nitrogens is 1. The summed E-state index contributed by atoms with van der Waals surface area (Å²) in [7, 11) is 4.35. The van der Waals surface area contributed by atoms with Crippen LogP contribution >= 0.6 is 23.4 Å². The van der Waals surface area contributed by atoms with E-state index >= 15 is 0 Å². The van der Waals surface area contributed by atoms with E-state index in [9.17, 15) is 0 Å². The molecule has 0 bridgehead atoms. The van der Waals surface area contributed by atoms with Gasteiger partial charge in [0.05, 0.1) is 20.6 Å². The molecular formula is C22H28ClN4S+. The SMILES string of the molecule is CC[C@H](c1nnc(S[C@H](C)c2ccccc2Cl)n1Cc1ccccc1)[NH+](C)C. The van der Waals surface area contributed by atoms with E-state index < -0.39 is 0 Å². The highest BCUT2D eigenvalue weighted by Gasteiger charge is 2.26. The molecule has 0 saturated heterocycles. The minimum absolute atomic E-state index is 0.187. The summed E-state index contributed by atoms with van der Waals surface area (Å²) in [5.41, 5.74) is 2.37. The molecule has 1 heterocycles. The third-order valence-electron chi connectivity index (χ3n) is 4.97. The first-order chi connectivity index (χ1) is 13.5. The van der Waals surface area contributed by atoms with Crippen molar-refractivity contribution in [2.24, 2.45) is 0 Å². The number of halogens is 1. The third-order valence-corrected chi connectivity index (χ3v) is 6.44. The Bertz CT molecular complexity index is 895. The molecule has 6 heteroatoms. The lowest BCUT2D eigenvalue weighted by Gasteiger charge is -2.21. The second kappa shape index (κ2) is 9.59. The van der Waals surface area contributed by atoms with E-state index in [4.69, 9.17) is 11.6 Å². The zero-order valence-electron chi connectivity index (χ0n) is 16.9. The van der Waals surface area contributed by atoms with Crippen molar-refractivity contribution in [2.45, 2.75) is 43.3 Å². The van der Waals surface area contributed by atoms with Crippen LogP contribution in [-0.4, -0.2) is 28.9 Å². The number of aromatic nitrogens is 3. The number of benzene rings is 2. The molecule has 1 N–H and O–H groups in total. The molecule has 2 aromatic carbocycles. The van der Waals surface area contributed by atoms with Crippen LogP contribution in [0.4, 0.5) is 0 Å². The first-order valence-corrected chi connectivity index (χ1v) is 10.9. The number of hydrogen-bond acceptors (Lipinski definition) is 3. The van der Waals surface area contributed by atoms with Crippen LogP contribution < -0.4 is 4.90 Å². The van der Waals surface area contributed by atoms with Gasteiger partial charge in [-0.3, -0.25) is 4.57 Å². The topological polar surface area (TPSA) is 35.1 Å². The molecule has 28 heavy (non-hydrogen) atoms. The van der Waals surface area contributed by atoms with Gasteiger partial charge in [0.2, 0.25) is 0 Å². The van der Waals surface area contributed by atoms with E-state index in [-0.39, 0.29) is 5.25 Å². The van der Waals surface area contributed by atoms with Crippen molar-refractivity contribution in [3.05, 3.63) is 76.6 Å². The van der Waals surface area contributed by atoms with Crippen LogP contribution in [-0.2, 0) is 6.54 Å². The highest BCUT2D eigenvalue weighted by molar-refractivity contribution is 7.99. The molecule has 148 valence electrons. The zero-order chi connectivity index (χ0) is 20.1. The van der Waals surface area contributed by atoms with Gasteiger partial charge in [0, 0.05) is 16.7 Å². The Morgan fingerprint density at radius 3 is 2.36 bits per heavy atom. The van der Waals surface area contributed by atoms with Gasteiger partial charge < -0.3 is 4.90 Å². The van der Waals surface area contributed by atoms with Gasteiger partial charge in [-0.15, -0.1) is 10.2 Å². The van der Waals surface area contributed by atoms with E-state index in [1.807, 2.05) is 24.3 Å². The van der Waals surface area contributed by atoms with Gasteiger partial charge in [0.25, 0.3) is 0 Å². The van der Waals surface area contributed by atoms with Crippen LogP contribution in [0.15, 0.2) is 59.8 Å². The summed E-state index contributed by atoms with van der Waals surface area (Å²) in [6.45, 7) is 5.14. The van der Waals surface area contributed by atoms with Crippen molar-refractivity contribution < 1.29 is 4.90 Å². The minimum atomic E-state index is 0.187. The Labute approximate surface area is 176 Å². The predicted molar refractivity (Wildman–Crippen MR) is 117 cm³/mol. The Morgan fingerprint density at radius 2 is 1.71 bits per heavy atom. The van der Waals surface area contributed by atoms with Gasteiger partial charge in [-0.2, -0.15) is 0 Å². The fourth-order valence-electron chi connectivity index (χ4n) is 3.43. The van der Waals surface area contributed by atoms with Gasteiger partial charge in [-0.05, 0) is 24.1 Å². The van der Waals surface area contributed by atoms with E-state index in [0.717, 1.165) is 34.5 Å². The number of rotatable bonds is 8. The molecule has 0 aliphatic rings. The molecule has 0 spiro atoms. The number of nitrogens with one attached hydrogen (secondary N) is 1. The summed E-state index contributed by atoms with van der Waals surface area (Å²) in [6, 6.07) is 18.8. The molecule has 4 nitrogen and oxygen atoms in total. The van der Waals surface area contributed by atoms with E-state index in [2.05, 4.69) is 73.0 Å². The van der Waals surface area contributed by atoms with E-state index in [1.54, 1.807) is 11.8 Å². The summed E-state index contributed by atoms with van der Waals surface area (Å²) >= 11 is 8.13. The monoisotopic (exact) mass is 415 g/mol. The van der Waals surface area contributed by atoms with Crippen molar-refractivity contribution in [2.75, 3.05) is 14.1 Å². The Balaban J connectivity index is 1.96. The van der Waals surface area contributed by atoms with Gasteiger partial charge in [0.15, 0.2) is 11.0 Å².